The van der Waals surface area contributed by atoms with E-state index in [2.05, 4.69) is 15.9 Å². The lowest BCUT2D eigenvalue weighted by atomic mass is 10.1. The molecule has 0 unspecified atom stereocenters. The molecule has 0 aliphatic rings. The van der Waals surface area contributed by atoms with E-state index in [0.717, 1.165) is 39.9 Å². The van der Waals surface area contributed by atoms with Gasteiger partial charge in [-0.15, -0.1) is 11.3 Å². The van der Waals surface area contributed by atoms with Crippen LogP contribution in [0, 0.1) is 6.92 Å². The molecule has 0 radical (unpaired) electrons. The van der Waals surface area contributed by atoms with E-state index in [-0.39, 0.29) is 0 Å². The van der Waals surface area contributed by atoms with Crippen molar-refractivity contribution < 1.29 is 13.2 Å². The molecular formula is C13H12BrF3S. The number of thiophene rings is 1. The van der Waals surface area contributed by atoms with Gasteiger partial charge in [0.25, 0.3) is 0 Å². The van der Waals surface area contributed by atoms with E-state index in [1.165, 1.54) is 10.9 Å². The predicted molar refractivity (Wildman–Crippen MR) is 73.7 cm³/mol. The van der Waals surface area contributed by atoms with Crippen LogP contribution in [0.15, 0.2) is 18.2 Å². The maximum absolute atomic E-state index is 12.7. The van der Waals surface area contributed by atoms with E-state index in [1.54, 1.807) is 17.4 Å². The van der Waals surface area contributed by atoms with Crippen molar-refractivity contribution in [2.45, 2.75) is 25.9 Å². The van der Waals surface area contributed by atoms with Gasteiger partial charge in [-0.05, 0) is 48.9 Å². The predicted octanol–water partition coefficient (Wildman–Crippen LogP) is 5.56. The summed E-state index contributed by atoms with van der Waals surface area (Å²) in [6.45, 7) is 1.91. The Hall–Kier alpha value is -0.550. The van der Waals surface area contributed by atoms with Gasteiger partial charge >= 0.3 is 6.18 Å². The minimum absolute atomic E-state index is 0.567. The summed E-state index contributed by atoms with van der Waals surface area (Å²) in [6.07, 6.45) is -2.35. The van der Waals surface area contributed by atoms with Crippen LogP contribution in [-0.4, -0.2) is 5.33 Å². The Balaban J connectivity index is 2.47. The number of halogens is 4. The first-order valence-corrected chi connectivity index (χ1v) is 7.52. The van der Waals surface area contributed by atoms with E-state index in [1.807, 2.05) is 6.92 Å². The SMILES string of the molecule is Cc1c(CCCBr)sc2ccc(C(F)(F)F)cc12. The Kier molecular flexibility index (Phi) is 4.02. The van der Waals surface area contributed by atoms with Crippen LogP contribution in [-0.2, 0) is 12.6 Å². The molecule has 98 valence electrons. The number of alkyl halides is 4. The smallest absolute Gasteiger partial charge is 0.166 e. The fourth-order valence-electron chi connectivity index (χ4n) is 1.91. The Labute approximate surface area is 116 Å². The number of benzene rings is 1. The van der Waals surface area contributed by atoms with Gasteiger partial charge < -0.3 is 0 Å². The van der Waals surface area contributed by atoms with Crippen molar-refractivity contribution in [3.8, 4) is 0 Å². The molecule has 1 aromatic carbocycles. The fourth-order valence-corrected chi connectivity index (χ4v) is 3.43. The number of fused-ring (bicyclic) bond motifs is 1. The van der Waals surface area contributed by atoms with Crippen molar-refractivity contribution in [3.63, 3.8) is 0 Å². The Morgan fingerprint density at radius 3 is 2.61 bits per heavy atom. The van der Waals surface area contributed by atoms with Crippen molar-refractivity contribution in [2.24, 2.45) is 0 Å². The second-order valence-electron chi connectivity index (χ2n) is 4.15. The molecule has 0 amide bonds. The zero-order chi connectivity index (χ0) is 13.3. The minimum atomic E-state index is -4.27. The van der Waals surface area contributed by atoms with Gasteiger partial charge in [-0.1, -0.05) is 15.9 Å². The molecular weight excluding hydrogens is 325 g/mol. The lowest BCUT2D eigenvalue weighted by Crippen LogP contribution is -2.03. The summed E-state index contributed by atoms with van der Waals surface area (Å²) in [4.78, 5) is 1.18. The third-order valence-electron chi connectivity index (χ3n) is 2.90. The summed E-state index contributed by atoms with van der Waals surface area (Å²) in [5.41, 5.74) is 0.421. The molecule has 1 heterocycles. The van der Waals surface area contributed by atoms with E-state index in [0.29, 0.717) is 0 Å². The number of aryl methyl sites for hydroxylation is 2. The molecule has 0 atom stereocenters. The van der Waals surface area contributed by atoms with Gasteiger partial charge in [-0.2, -0.15) is 13.2 Å². The van der Waals surface area contributed by atoms with Crippen LogP contribution in [0.5, 0.6) is 0 Å². The third-order valence-corrected chi connectivity index (χ3v) is 4.79. The van der Waals surface area contributed by atoms with Crippen LogP contribution < -0.4 is 0 Å². The topological polar surface area (TPSA) is 0 Å². The van der Waals surface area contributed by atoms with Gasteiger partial charge in [0, 0.05) is 14.9 Å². The van der Waals surface area contributed by atoms with E-state index in [9.17, 15) is 13.2 Å². The molecule has 1 aromatic heterocycles. The molecule has 0 saturated carbocycles. The van der Waals surface area contributed by atoms with Crippen LogP contribution in [0.25, 0.3) is 10.1 Å². The molecule has 0 aliphatic heterocycles. The second kappa shape index (κ2) is 5.21. The molecule has 0 nitrogen and oxygen atoms in total. The Morgan fingerprint density at radius 2 is 2.00 bits per heavy atom. The summed E-state index contributed by atoms with van der Waals surface area (Å²) in [5, 5.41) is 1.65. The average molecular weight is 337 g/mol. The van der Waals surface area contributed by atoms with Gasteiger partial charge in [-0.25, -0.2) is 0 Å². The molecule has 18 heavy (non-hydrogen) atoms. The maximum atomic E-state index is 12.7. The molecule has 0 bridgehead atoms. The Morgan fingerprint density at radius 1 is 1.28 bits per heavy atom. The van der Waals surface area contributed by atoms with Crippen molar-refractivity contribution in [2.75, 3.05) is 5.33 Å². The van der Waals surface area contributed by atoms with Gasteiger partial charge in [0.05, 0.1) is 5.56 Å². The zero-order valence-electron chi connectivity index (χ0n) is 9.77. The lowest BCUT2D eigenvalue weighted by molar-refractivity contribution is -0.137. The van der Waals surface area contributed by atoms with Crippen molar-refractivity contribution >= 4 is 37.4 Å². The van der Waals surface area contributed by atoms with Crippen molar-refractivity contribution in [1.29, 1.82) is 0 Å². The molecule has 0 aliphatic carbocycles. The van der Waals surface area contributed by atoms with E-state index in [4.69, 9.17) is 0 Å². The molecule has 2 rings (SSSR count). The molecule has 5 heteroatoms. The van der Waals surface area contributed by atoms with Crippen LogP contribution in [0.1, 0.15) is 22.4 Å². The van der Waals surface area contributed by atoms with Crippen molar-refractivity contribution in [1.82, 2.24) is 0 Å². The van der Waals surface area contributed by atoms with Crippen LogP contribution in [0.2, 0.25) is 0 Å². The monoisotopic (exact) mass is 336 g/mol. The van der Waals surface area contributed by atoms with Crippen molar-refractivity contribution in [3.05, 3.63) is 34.2 Å². The first-order valence-electron chi connectivity index (χ1n) is 5.58. The zero-order valence-corrected chi connectivity index (χ0v) is 12.2. The fraction of sp³-hybridized carbons (Fsp3) is 0.385. The quantitative estimate of drug-likeness (QED) is 0.644. The van der Waals surface area contributed by atoms with Crippen LogP contribution in [0.3, 0.4) is 0 Å². The maximum Gasteiger partial charge on any atom is 0.416 e. The first kappa shape index (κ1) is 13.9. The van der Waals surface area contributed by atoms with Crippen LogP contribution >= 0.6 is 27.3 Å². The normalized spacial score (nSPS) is 12.3. The minimum Gasteiger partial charge on any atom is -0.166 e. The van der Waals surface area contributed by atoms with Gasteiger partial charge in [0.2, 0.25) is 0 Å². The lowest BCUT2D eigenvalue weighted by Gasteiger charge is -2.06. The third kappa shape index (κ3) is 2.72. The summed E-state index contributed by atoms with van der Waals surface area (Å²) >= 11 is 4.96. The number of hydrogen-bond acceptors (Lipinski definition) is 1. The van der Waals surface area contributed by atoms with Gasteiger partial charge in [0.15, 0.2) is 0 Å². The average Bonchev–Trinajstić information content (AvgIpc) is 2.62. The summed E-state index contributed by atoms with van der Waals surface area (Å²) in [6, 6.07) is 4.00. The highest BCUT2D eigenvalue weighted by atomic mass is 79.9. The van der Waals surface area contributed by atoms with E-state index >= 15 is 0 Å². The second-order valence-corrected chi connectivity index (χ2v) is 6.08. The first-order chi connectivity index (χ1) is 8.43. The highest BCUT2D eigenvalue weighted by Crippen LogP contribution is 2.36. The van der Waals surface area contributed by atoms with Crippen LogP contribution in [0.4, 0.5) is 13.2 Å². The highest BCUT2D eigenvalue weighted by Gasteiger charge is 2.30. The highest BCUT2D eigenvalue weighted by molar-refractivity contribution is 9.09. The Bertz CT molecular complexity index is 557. The molecule has 2 aromatic rings. The number of rotatable bonds is 3. The molecule has 0 fully saturated rings. The standard InChI is InChI=1S/C13H12BrF3S/c1-8-10-7-9(13(15,16)17)4-5-12(10)18-11(8)3-2-6-14/h4-5,7H,2-3,6H2,1H3. The van der Waals surface area contributed by atoms with Gasteiger partial charge in [0.1, 0.15) is 0 Å². The summed E-state index contributed by atoms with van der Waals surface area (Å²) in [5.74, 6) is 0. The molecule has 0 spiro atoms. The largest absolute Gasteiger partial charge is 0.416 e. The molecule has 0 N–H and O–H groups in total. The summed E-state index contributed by atoms with van der Waals surface area (Å²) in [7, 11) is 0. The summed E-state index contributed by atoms with van der Waals surface area (Å²) < 4.78 is 38.9. The molecule has 0 saturated heterocycles. The van der Waals surface area contributed by atoms with E-state index < -0.39 is 11.7 Å². The van der Waals surface area contributed by atoms with Gasteiger partial charge in [-0.3, -0.25) is 0 Å². The number of hydrogen-bond donors (Lipinski definition) is 0.